The molecule has 6 heteroatoms. The van der Waals surface area contributed by atoms with Gasteiger partial charge in [-0.05, 0) is 62.8 Å². The van der Waals surface area contributed by atoms with E-state index in [1.165, 1.54) is 20.0 Å². The van der Waals surface area contributed by atoms with Gasteiger partial charge in [-0.15, -0.1) is 0 Å². The van der Waals surface area contributed by atoms with E-state index in [-0.39, 0.29) is 4.90 Å². The summed E-state index contributed by atoms with van der Waals surface area (Å²) in [5, 5.41) is 3.58. The van der Waals surface area contributed by atoms with Crippen molar-refractivity contribution in [2.24, 2.45) is 5.92 Å². The van der Waals surface area contributed by atoms with Crippen LogP contribution in [-0.4, -0.2) is 45.5 Å². The Morgan fingerprint density at radius 2 is 1.91 bits per heavy atom. The summed E-state index contributed by atoms with van der Waals surface area (Å²) in [6.07, 6.45) is 4.43. The van der Waals surface area contributed by atoms with Crippen molar-refractivity contribution in [2.75, 3.05) is 26.7 Å². The summed E-state index contributed by atoms with van der Waals surface area (Å²) < 4.78 is 32.7. The van der Waals surface area contributed by atoms with Crippen LogP contribution in [0.3, 0.4) is 0 Å². The van der Waals surface area contributed by atoms with Crippen molar-refractivity contribution in [3.8, 4) is 5.75 Å². The van der Waals surface area contributed by atoms with Crippen molar-refractivity contribution in [2.45, 2.75) is 43.5 Å². The summed E-state index contributed by atoms with van der Waals surface area (Å²) >= 11 is 0. The van der Waals surface area contributed by atoms with Gasteiger partial charge in [0.2, 0.25) is 10.0 Å². The number of nitrogens with zero attached hydrogens (tertiary/aromatic N) is 1. The number of methoxy groups -OCH3 is 1. The smallest absolute Gasteiger partial charge is 0.246 e. The van der Waals surface area contributed by atoms with Gasteiger partial charge in [-0.2, -0.15) is 4.31 Å². The van der Waals surface area contributed by atoms with Crippen molar-refractivity contribution in [3.05, 3.63) is 23.8 Å². The molecule has 2 aliphatic rings. The Morgan fingerprint density at radius 3 is 2.52 bits per heavy atom. The summed E-state index contributed by atoms with van der Waals surface area (Å²) in [7, 11) is -1.98. The van der Waals surface area contributed by atoms with Gasteiger partial charge in [0.25, 0.3) is 0 Å². The summed E-state index contributed by atoms with van der Waals surface area (Å²) in [5.74, 6) is 1.28. The molecule has 3 rings (SSSR count). The van der Waals surface area contributed by atoms with E-state index in [2.05, 4.69) is 5.32 Å². The third-order valence-electron chi connectivity index (χ3n) is 4.78. The zero-order valence-corrected chi connectivity index (χ0v) is 14.7. The lowest BCUT2D eigenvalue weighted by molar-refractivity contribution is 0.287. The topological polar surface area (TPSA) is 58.6 Å². The first-order chi connectivity index (χ1) is 11.0. The highest BCUT2D eigenvalue weighted by Gasteiger charge is 2.32. The quantitative estimate of drug-likeness (QED) is 0.863. The van der Waals surface area contributed by atoms with Crippen LogP contribution in [-0.2, 0) is 10.0 Å². The van der Waals surface area contributed by atoms with Gasteiger partial charge in [-0.25, -0.2) is 8.42 Å². The second-order valence-corrected chi connectivity index (χ2v) is 8.59. The molecular weight excluding hydrogens is 312 g/mol. The molecule has 1 heterocycles. The first-order valence-corrected chi connectivity index (χ1v) is 9.83. The molecule has 0 spiro atoms. The third kappa shape index (κ3) is 3.87. The second-order valence-electron chi connectivity index (χ2n) is 6.68. The van der Waals surface area contributed by atoms with E-state index in [0.717, 1.165) is 30.9 Å². The fraction of sp³-hybridized carbons (Fsp3) is 0.647. The Labute approximate surface area is 139 Å². The minimum Gasteiger partial charge on any atom is -0.495 e. The fourth-order valence-corrected chi connectivity index (χ4v) is 4.79. The molecule has 1 aromatic carbocycles. The lowest BCUT2D eigenvalue weighted by atomic mass is 10.1. The van der Waals surface area contributed by atoms with E-state index in [1.54, 1.807) is 16.4 Å². The standard InChI is InChI=1S/C17H26N2O3S/c1-13-3-6-16(22-2)17(11-13)23(20,21)19-9-7-15(8-10-19)18-12-14-4-5-14/h3,6,11,14-15,18H,4-5,7-10,12H2,1-2H3. The van der Waals surface area contributed by atoms with Gasteiger partial charge in [0.05, 0.1) is 7.11 Å². The third-order valence-corrected chi connectivity index (χ3v) is 6.70. The molecule has 0 unspecified atom stereocenters. The van der Waals surface area contributed by atoms with Gasteiger partial charge in [0.1, 0.15) is 10.6 Å². The molecule has 1 saturated carbocycles. The van der Waals surface area contributed by atoms with Crippen molar-refractivity contribution in [3.63, 3.8) is 0 Å². The predicted octanol–water partition coefficient (Wildman–Crippen LogP) is 2.16. The number of nitrogens with one attached hydrogen (secondary N) is 1. The zero-order valence-electron chi connectivity index (χ0n) is 13.9. The summed E-state index contributed by atoms with van der Waals surface area (Å²) in [5.41, 5.74) is 0.922. The highest BCUT2D eigenvalue weighted by Crippen LogP contribution is 2.30. The van der Waals surface area contributed by atoms with E-state index >= 15 is 0 Å². The number of hydrogen-bond donors (Lipinski definition) is 1. The van der Waals surface area contributed by atoms with E-state index in [0.29, 0.717) is 24.9 Å². The number of benzene rings is 1. The molecule has 0 aromatic heterocycles. The van der Waals surface area contributed by atoms with Crippen molar-refractivity contribution in [1.29, 1.82) is 0 Å². The van der Waals surface area contributed by atoms with E-state index in [1.807, 2.05) is 13.0 Å². The molecule has 128 valence electrons. The first-order valence-electron chi connectivity index (χ1n) is 8.39. The van der Waals surface area contributed by atoms with Crippen LogP contribution in [0.2, 0.25) is 0 Å². The highest BCUT2D eigenvalue weighted by molar-refractivity contribution is 7.89. The number of sulfonamides is 1. The van der Waals surface area contributed by atoms with E-state index in [9.17, 15) is 8.42 Å². The van der Waals surface area contributed by atoms with Crippen LogP contribution in [0, 0.1) is 12.8 Å². The van der Waals surface area contributed by atoms with Crippen molar-refractivity contribution >= 4 is 10.0 Å². The Balaban J connectivity index is 1.67. The Morgan fingerprint density at radius 1 is 1.22 bits per heavy atom. The van der Waals surface area contributed by atoms with Crippen LogP contribution >= 0.6 is 0 Å². The van der Waals surface area contributed by atoms with Gasteiger partial charge in [-0.1, -0.05) is 6.07 Å². The molecule has 0 radical (unpaired) electrons. The molecule has 1 aromatic rings. The lowest BCUT2D eigenvalue weighted by Gasteiger charge is -2.32. The average Bonchev–Trinajstić information content (AvgIpc) is 3.37. The monoisotopic (exact) mass is 338 g/mol. The number of ether oxygens (including phenoxy) is 1. The fourth-order valence-electron chi connectivity index (χ4n) is 3.08. The molecular formula is C17H26N2O3S. The van der Waals surface area contributed by atoms with Crippen LogP contribution in [0.4, 0.5) is 0 Å². The SMILES string of the molecule is COc1ccc(C)cc1S(=O)(=O)N1CCC(NCC2CC2)CC1. The van der Waals surface area contributed by atoms with Crippen LogP contribution in [0.15, 0.2) is 23.1 Å². The van der Waals surface area contributed by atoms with E-state index in [4.69, 9.17) is 4.74 Å². The summed E-state index contributed by atoms with van der Waals surface area (Å²) in [4.78, 5) is 0.282. The summed E-state index contributed by atoms with van der Waals surface area (Å²) in [6, 6.07) is 5.74. The molecule has 2 fully saturated rings. The van der Waals surface area contributed by atoms with E-state index < -0.39 is 10.0 Å². The van der Waals surface area contributed by atoms with Crippen LogP contribution in [0.25, 0.3) is 0 Å². The molecule has 0 amide bonds. The summed E-state index contributed by atoms with van der Waals surface area (Å²) in [6.45, 7) is 4.12. The maximum atomic E-state index is 12.9. The second kappa shape index (κ2) is 6.79. The molecule has 1 aliphatic heterocycles. The van der Waals surface area contributed by atoms with Crippen molar-refractivity contribution < 1.29 is 13.2 Å². The molecule has 1 N–H and O–H groups in total. The van der Waals surface area contributed by atoms with Gasteiger partial charge in [0, 0.05) is 19.1 Å². The minimum absolute atomic E-state index is 0.282. The Hall–Kier alpha value is -1.11. The molecule has 23 heavy (non-hydrogen) atoms. The maximum absolute atomic E-state index is 12.9. The maximum Gasteiger partial charge on any atom is 0.246 e. The number of piperidine rings is 1. The van der Waals surface area contributed by atoms with Crippen molar-refractivity contribution in [1.82, 2.24) is 9.62 Å². The lowest BCUT2D eigenvalue weighted by Crippen LogP contribution is -2.45. The molecule has 5 nitrogen and oxygen atoms in total. The van der Waals surface area contributed by atoms with Gasteiger partial charge in [-0.3, -0.25) is 0 Å². The predicted molar refractivity (Wildman–Crippen MR) is 90.2 cm³/mol. The molecule has 1 aliphatic carbocycles. The highest BCUT2D eigenvalue weighted by atomic mass is 32.2. The normalized spacial score (nSPS) is 20.6. The van der Waals surface area contributed by atoms with Crippen LogP contribution in [0.1, 0.15) is 31.2 Å². The zero-order chi connectivity index (χ0) is 16.4. The number of hydrogen-bond acceptors (Lipinski definition) is 4. The minimum atomic E-state index is -3.49. The molecule has 0 bridgehead atoms. The van der Waals surface area contributed by atoms with Gasteiger partial charge >= 0.3 is 0 Å². The van der Waals surface area contributed by atoms with Gasteiger partial charge < -0.3 is 10.1 Å². The molecule has 1 saturated heterocycles. The van der Waals surface area contributed by atoms with Gasteiger partial charge in [0.15, 0.2) is 0 Å². The van der Waals surface area contributed by atoms with Crippen LogP contribution < -0.4 is 10.1 Å². The first kappa shape index (κ1) is 16.7. The average molecular weight is 338 g/mol. The largest absolute Gasteiger partial charge is 0.495 e. The molecule has 0 atom stereocenters. The Kier molecular flexibility index (Phi) is 4.94. The Bertz CT molecular complexity index is 648. The van der Waals surface area contributed by atoms with Crippen LogP contribution in [0.5, 0.6) is 5.75 Å². The number of aryl methyl sites for hydroxylation is 1. The number of rotatable bonds is 6.